The van der Waals surface area contributed by atoms with Crippen molar-refractivity contribution in [1.29, 1.82) is 0 Å². The molecule has 0 aromatic rings. The third-order valence-electron chi connectivity index (χ3n) is 5.16. The number of amides is 3. The van der Waals surface area contributed by atoms with Crippen LogP contribution in [0.1, 0.15) is 39.0 Å². The molecular weight excluding hydrogens is 352 g/mol. The van der Waals surface area contributed by atoms with E-state index in [-0.39, 0.29) is 11.8 Å². The second kappa shape index (κ2) is 9.68. The van der Waals surface area contributed by atoms with Gasteiger partial charge < -0.3 is 25.5 Å². The summed E-state index contributed by atoms with van der Waals surface area (Å²) in [7, 11) is 5.98. The highest BCUT2D eigenvalue weighted by Gasteiger charge is 2.41. The molecule has 0 aromatic heterocycles. The number of rotatable bonds is 8. The van der Waals surface area contributed by atoms with Crippen LogP contribution in [0.5, 0.6) is 0 Å². The molecule has 9 nitrogen and oxygen atoms in total. The first-order valence-corrected chi connectivity index (χ1v) is 9.20. The zero-order valence-electron chi connectivity index (χ0n) is 16.8. The maximum Gasteiger partial charge on any atom is 0.305 e. The first kappa shape index (κ1) is 22.9. The molecule has 1 unspecified atom stereocenters. The Morgan fingerprint density at radius 1 is 0.963 bits per heavy atom. The van der Waals surface area contributed by atoms with Gasteiger partial charge in [0.1, 0.15) is 12.1 Å². The van der Waals surface area contributed by atoms with Gasteiger partial charge in [-0.2, -0.15) is 0 Å². The number of likely N-dealkylation sites (N-methyl/N-ethyl adjacent to an activating group) is 3. The van der Waals surface area contributed by atoms with E-state index in [1.807, 2.05) is 0 Å². The van der Waals surface area contributed by atoms with Crippen molar-refractivity contribution in [3.8, 4) is 0 Å². The molecule has 0 saturated heterocycles. The molecule has 154 valence electrons. The molecule has 0 aliphatic heterocycles. The third kappa shape index (κ3) is 5.66. The Hall–Kier alpha value is -2.16. The maximum atomic E-state index is 13.3. The predicted molar refractivity (Wildman–Crippen MR) is 99.7 cm³/mol. The number of nitrogens with zero attached hydrogens (tertiary/aromatic N) is 3. The molecule has 27 heavy (non-hydrogen) atoms. The minimum absolute atomic E-state index is 0.0346. The lowest BCUT2D eigenvalue weighted by Gasteiger charge is -2.37. The summed E-state index contributed by atoms with van der Waals surface area (Å²) in [6, 6.07) is -2.65. The number of aliphatic carboxylic acids is 1. The summed E-state index contributed by atoms with van der Waals surface area (Å²) >= 11 is 0. The van der Waals surface area contributed by atoms with Crippen LogP contribution in [0.15, 0.2) is 0 Å². The molecule has 1 aliphatic carbocycles. The Balaban J connectivity index is 3.18. The molecule has 1 saturated carbocycles. The molecule has 1 aliphatic rings. The molecule has 0 heterocycles. The lowest BCUT2D eigenvalue weighted by molar-refractivity contribution is -0.154. The van der Waals surface area contributed by atoms with E-state index in [9.17, 15) is 24.3 Å². The van der Waals surface area contributed by atoms with Gasteiger partial charge in [0.05, 0.1) is 12.5 Å². The van der Waals surface area contributed by atoms with Gasteiger partial charge in [0.2, 0.25) is 17.7 Å². The first-order valence-electron chi connectivity index (χ1n) is 9.20. The molecule has 3 amide bonds. The smallest absolute Gasteiger partial charge is 0.305 e. The van der Waals surface area contributed by atoms with Gasteiger partial charge in [-0.05, 0) is 25.7 Å². The average molecular weight is 384 g/mol. The van der Waals surface area contributed by atoms with Gasteiger partial charge in [-0.3, -0.25) is 19.2 Å². The van der Waals surface area contributed by atoms with Gasteiger partial charge in [0.15, 0.2) is 0 Å². The molecule has 3 atom stereocenters. The van der Waals surface area contributed by atoms with E-state index in [2.05, 4.69) is 0 Å². The molecular formula is C18H32N4O5. The number of hydrogen-bond acceptors (Lipinski definition) is 5. The van der Waals surface area contributed by atoms with Crippen LogP contribution in [-0.2, 0) is 19.2 Å². The lowest BCUT2D eigenvalue weighted by atomic mass is 9.94. The highest BCUT2D eigenvalue weighted by atomic mass is 16.4. The summed E-state index contributed by atoms with van der Waals surface area (Å²) in [4.78, 5) is 53.2. The van der Waals surface area contributed by atoms with Crippen LogP contribution >= 0.6 is 0 Å². The number of hydrogen-bond donors (Lipinski definition) is 2. The van der Waals surface area contributed by atoms with Crippen LogP contribution in [0.3, 0.4) is 0 Å². The van der Waals surface area contributed by atoms with Crippen LogP contribution in [0, 0.1) is 5.92 Å². The summed E-state index contributed by atoms with van der Waals surface area (Å²) in [6.07, 6.45) is 3.03. The van der Waals surface area contributed by atoms with Crippen molar-refractivity contribution in [3.63, 3.8) is 0 Å². The van der Waals surface area contributed by atoms with Crippen molar-refractivity contribution >= 4 is 23.7 Å². The maximum absolute atomic E-state index is 13.3. The molecule has 0 spiro atoms. The molecule has 0 bridgehead atoms. The van der Waals surface area contributed by atoms with Crippen molar-refractivity contribution in [2.24, 2.45) is 11.7 Å². The lowest BCUT2D eigenvalue weighted by Crippen LogP contribution is -2.58. The Bertz CT molecular complexity index is 572. The fraction of sp³-hybridized carbons (Fsp3) is 0.778. The summed E-state index contributed by atoms with van der Waals surface area (Å²) < 4.78 is 0. The number of carbonyl (C=O) groups is 4. The molecule has 9 heteroatoms. The highest BCUT2D eigenvalue weighted by molar-refractivity contribution is 5.94. The number of carboxylic acid groups (broad SMARTS) is 1. The van der Waals surface area contributed by atoms with E-state index < -0.39 is 42.3 Å². The second-order valence-electron chi connectivity index (χ2n) is 7.52. The predicted octanol–water partition coefficient (Wildman–Crippen LogP) is -0.259. The Labute approximate surface area is 160 Å². The molecule has 0 radical (unpaired) electrons. The topological polar surface area (TPSA) is 124 Å². The SMILES string of the molecule is C[C@H](N)C(=O)N(C)C(C(=O)N(C)[C@@H](CC(=O)O)C(=O)N(C)C)C1CCCC1. The van der Waals surface area contributed by atoms with E-state index in [0.717, 1.165) is 25.7 Å². The monoisotopic (exact) mass is 384 g/mol. The van der Waals surface area contributed by atoms with E-state index in [1.165, 1.54) is 35.8 Å². The van der Waals surface area contributed by atoms with Crippen molar-refractivity contribution < 1.29 is 24.3 Å². The molecule has 1 fully saturated rings. The van der Waals surface area contributed by atoms with E-state index in [4.69, 9.17) is 5.73 Å². The fourth-order valence-electron chi connectivity index (χ4n) is 3.63. The van der Waals surface area contributed by atoms with Crippen molar-refractivity contribution in [3.05, 3.63) is 0 Å². The van der Waals surface area contributed by atoms with Gasteiger partial charge >= 0.3 is 5.97 Å². The van der Waals surface area contributed by atoms with Gasteiger partial charge in [-0.1, -0.05) is 12.8 Å². The standard InChI is InChI=1S/C18H32N4O5/c1-11(19)16(25)22(5)15(12-8-6-7-9-12)18(27)21(4)13(10-14(23)24)17(26)20(2)3/h11-13,15H,6-10,19H2,1-5H3,(H,23,24)/t11-,13-,15?/m0/s1. The van der Waals surface area contributed by atoms with Gasteiger partial charge in [0.25, 0.3) is 0 Å². The summed E-state index contributed by atoms with van der Waals surface area (Å²) in [5, 5.41) is 9.18. The second-order valence-corrected chi connectivity index (χ2v) is 7.52. The average Bonchev–Trinajstić information content (AvgIpc) is 3.11. The zero-order valence-corrected chi connectivity index (χ0v) is 16.8. The first-order chi connectivity index (χ1) is 12.5. The minimum Gasteiger partial charge on any atom is -0.481 e. The number of nitrogens with two attached hydrogens (primary N) is 1. The van der Waals surface area contributed by atoms with Crippen LogP contribution in [0.4, 0.5) is 0 Å². The van der Waals surface area contributed by atoms with E-state index in [0.29, 0.717) is 0 Å². The normalized spacial score (nSPS) is 17.7. The van der Waals surface area contributed by atoms with Gasteiger partial charge in [-0.25, -0.2) is 0 Å². The van der Waals surface area contributed by atoms with E-state index >= 15 is 0 Å². The zero-order chi connectivity index (χ0) is 20.9. The van der Waals surface area contributed by atoms with Crippen LogP contribution < -0.4 is 5.73 Å². The Kier molecular flexibility index (Phi) is 8.20. The van der Waals surface area contributed by atoms with Crippen LogP contribution in [0.25, 0.3) is 0 Å². The van der Waals surface area contributed by atoms with Crippen LogP contribution in [-0.4, -0.2) is 89.8 Å². The van der Waals surface area contributed by atoms with Gasteiger partial charge in [0, 0.05) is 28.2 Å². The number of carboxylic acids is 1. The van der Waals surface area contributed by atoms with E-state index in [1.54, 1.807) is 14.0 Å². The van der Waals surface area contributed by atoms with Gasteiger partial charge in [-0.15, -0.1) is 0 Å². The van der Waals surface area contributed by atoms with Crippen molar-refractivity contribution in [2.45, 2.75) is 57.2 Å². The Morgan fingerprint density at radius 2 is 1.48 bits per heavy atom. The Morgan fingerprint density at radius 3 is 1.89 bits per heavy atom. The third-order valence-corrected chi connectivity index (χ3v) is 5.16. The summed E-state index contributed by atoms with van der Waals surface area (Å²) in [6.45, 7) is 1.56. The molecule has 0 aromatic carbocycles. The summed E-state index contributed by atoms with van der Waals surface area (Å²) in [5.74, 6) is -2.47. The largest absolute Gasteiger partial charge is 0.481 e. The summed E-state index contributed by atoms with van der Waals surface area (Å²) in [5.41, 5.74) is 5.71. The minimum atomic E-state index is -1.17. The quantitative estimate of drug-likeness (QED) is 0.594. The molecule has 1 rings (SSSR count). The highest BCUT2D eigenvalue weighted by Crippen LogP contribution is 2.31. The molecule has 3 N–H and O–H groups in total. The van der Waals surface area contributed by atoms with Crippen LogP contribution in [0.2, 0.25) is 0 Å². The van der Waals surface area contributed by atoms with Crippen molar-refractivity contribution in [2.75, 3.05) is 28.2 Å². The number of carbonyl (C=O) groups excluding carboxylic acids is 3. The fourth-order valence-corrected chi connectivity index (χ4v) is 3.63. The van der Waals surface area contributed by atoms with Crippen molar-refractivity contribution in [1.82, 2.24) is 14.7 Å².